The predicted octanol–water partition coefficient (Wildman–Crippen LogP) is 4.74. The van der Waals surface area contributed by atoms with E-state index in [4.69, 9.17) is 9.26 Å². The SMILES string of the molecule is COc1cc(-c2noc(CN(C)Cc3ccc(Br)cc3)n2)ccc1OC(F)F. The van der Waals surface area contributed by atoms with Gasteiger partial charge < -0.3 is 14.0 Å². The van der Waals surface area contributed by atoms with Crippen LogP contribution < -0.4 is 9.47 Å². The van der Waals surface area contributed by atoms with Crippen molar-refractivity contribution in [1.29, 1.82) is 0 Å². The van der Waals surface area contributed by atoms with Crippen LogP contribution in [-0.4, -0.2) is 35.8 Å². The van der Waals surface area contributed by atoms with Gasteiger partial charge in [0.25, 0.3) is 0 Å². The van der Waals surface area contributed by atoms with Crippen molar-refractivity contribution < 1.29 is 22.8 Å². The largest absolute Gasteiger partial charge is 0.493 e. The average Bonchev–Trinajstić information content (AvgIpc) is 3.12. The summed E-state index contributed by atoms with van der Waals surface area (Å²) in [5.41, 5.74) is 1.73. The summed E-state index contributed by atoms with van der Waals surface area (Å²) in [5, 5.41) is 3.96. The molecule has 0 aliphatic rings. The number of hydrogen-bond acceptors (Lipinski definition) is 6. The zero-order valence-corrected chi connectivity index (χ0v) is 16.8. The molecule has 148 valence electrons. The molecule has 0 atom stereocenters. The molecule has 0 spiro atoms. The maximum Gasteiger partial charge on any atom is 0.387 e. The van der Waals surface area contributed by atoms with Gasteiger partial charge in [-0.1, -0.05) is 33.2 Å². The van der Waals surface area contributed by atoms with Crippen LogP contribution >= 0.6 is 15.9 Å². The van der Waals surface area contributed by atoms with Gasteiger partial charge in [-0.2, -0.15) is 13.8 Å². The smallest absolute Gasteiger partial charge is 0.387 e. The fraction of sp³-hybridized carbons (Fsp3) is 0.263. The van der Waals surface area contributed by atoms with Gasteiger partial charge in [0.1, 0.15) is 0 Å². The Balaban J connectivity index is 1.68. The van der Waals surface area contributed by atoms with Crippen molar-refractivity contribution in [2.24, 2.45) is 0 Å². The van der Waals surface area contributed by atoms with Gasteiger partial charge in [-0.15, -0.1) is 0 Å². The molecule has 3 aromatic rings. The van der Waals surface area contributed by atoms with Crippen LogP contribution in [0.15, 0.2) is 51.5 Å². The summed E-state index contributed by atoms with van der Waals surface area (Å²) in [7, 11) is 3.32. The molecule has 0 radical (unpaired) electrons. The van der Waals surface area contributed by atoms with Crippen LogP contribution in [0.2, 0.25) is 0 Å². The van der Waals surface area contributed by atoms with Gasteiger partial charge >= 0.3 is 6.61 Å². The number of nitrogens with zero attached hydrogens (tertiary/aromatic N) is 3. The number of hydrogen-bond donors (Lipinski definition) is 0. The molecule has 0 fully saturated rings. The zero-order chi connectivity index (χ0) is 20.1. The van der Waals surface area contributed by atoms with Gasteiger partial charge in [-0.25, -0.2) is 0 Å². The molecule has 1 heterocycles. The summed E-state index contributed by atoms with van der Waals surface area (Å²) < 4.78 is 40.7. The first-order valence-electron chi connectivity index (χ1n) is 8.33. The molecule has 28 heavy (non-hydrogen) atoms. The van der Waals surface area contributed by atoms with Gasteiger partial charge in [-0.05, 0) is 42.9 Å². The third-order valence-corrected chi connectivity index (χ3v) is 4.41. The highest BCUT2D eigenvalue weighted by atomic mass is 79.9. The van der Waals surface area contributed by atoms with E-state index < -0.39 is 6.61 Å². The second kappa shape index (κ2) is 9.11. The van der Waals surface area contributed by atoms with Crippen molar-refractivity contribution in [2.45, 2.75) is 19.7 Å². The molecule has 0 N–H and O–H groups in total. The van der Waals surface area contributed by atoms with Crippen molar-refractivity contribution in [3.8, 4) is 22.9 Å². The minimum Gasteiger partial charge on any atom is -0.493 e. The van der Waals surface area contributed by atoms with Crippen molar-refractivity contribution >= 4 is 15.9 Å². The quantitative estimate of drug-likeness (QED) is 0.490. The number of alkyl halides is 2. The molecule has 1 aromatic heterocycles. The fourth-order valence-corrected chi connectivity index (χ4v) is 2.89. The molecular formula is C19H18BrF2N3O3. The molecule has 0 amide bonds. The lowest BCUT2D eigenvalue weighted by Gasteiger charge is -2.14. The van der Waals surface area contributed by atoms with Crippen LogP contribution in [0.25, 0.3) is 11.4 Å². The van der Waals surface area contributed by atoms with Gasteiger partial charge in [-0.3, -0.25) is 4.90 Å². The van der Waals surface area contributed by atoms with Crippen LogP contribution in [0.5, 0.6) is 11.5 Å². The van der Waals surface area contributed by atoms with Crippen molar-refractivity contribution in [3.63, 3.8) is 0 Å². The highest BCUT2D eigenvalue weighted by Gasteiger charge is 2.15. The van der Waals surface area contributed by atoms with Crippen LogP contribution in [0.4, 0.5) is 8.78 Å². The summed E-state index contributed by atoms with van der Waals surface area (Å²) in [6.45, 7) is -1.75. The van der Waals surface area contributed by atoms with E-state index in [0.717, 1.165) is 16.6 Å². The molecule has 2 aromatic carbocycles. The molecular weight excluding hydrogens is 436 g/mol. The van der Waals surface area contributed by atoms with Crippen LogP contribution in [0, 0.1) is 0 Å². The monoisotopic (exact) mass is 453 g/mol. The van der Waals surface area contributed by atoms with Gasteiger partial charge in [0.15, 0.2) is 11.5 Å². The van der Waals surface area contributed by atoms with Crippen molar-refractivity contribution in [1.82, 2.24) is 15.0 Å². The summed E-state index contributed by atoms with van der Waals surface area (Å²) in [6, 6.07) is 12.5. The normalized spacial score (nSPS) is 11.2. The fourth-order valence-electron chi connectivity index (χ4n) is 2.62. The minimum absolute atomic E-state index is 0.0563. The van der Waals surface area contributed by atoms with E-state index >= 15 is 0 Å². The Kier molecular flexibility index (Phi) is 6.58. The van der Waals surface area contributed by atoms with E-state index in [9.17, 15) is 8.78 Å². The second-order valence-electron chi connectivity index (χ2n) is 6.05. The molecule has 3 rings (SSSR count). The van der Waals surface area contributed by atoms with Crippen LogP contribution in [-0.2, 0) is 13.1 Å². The predicted molar refractivity (Wildman–Crippen MR) is 102 cm³/mol. The molecule has 0 aliphatic carbocycles. The number of aromatic nitrogens is 2. The second-order valence-corrected chi connectivity index (χ2v) is 6.97. The van der Waals surface area contributed by atoms with Gasteiger partial charge in [0.05, 0.1) is 13.7 Å². The number of ether oxygens (including phenoxy) is 2. The average molecular weight is 454 g/mol. The first-order valence-corrected chi connectivity index (χ1v) is 9.12. The van der Waals surface area contributed by atoms with Crippen molar-refractivity contribution in [2.75, 3.05) is 14.2 Å². The lowest BCUT2D eigenvalue weighted by Crippen LogP contribution is -2.17. The molecule has 6 nitrogen and oxygen atoms in total. The molecule has 0 saturated carbocycles. The topological polar surface area (TPSA) is 60.6 Å². The molecule has 0 aliphatic heterocycles. The van der Waals surface area contributed by atoms with Crippen molar-refractivity contribution in [3.05, 3.63) is 58.4 Å². The highest BCUT2D eigenvalue weighted by Crippen LogP contribution is 2.32. The minimum atomic E-state index is -2.93. The Morgan fingerprint density at radius 2 is 1.86 bits per heavy atom. The molecule has 0 bridgehead atoms. The Morgan fingerprint density at radius 1 is 1.11 bits per heavy atom. The Hall–Kier alpha value is -2.52. The summed E-state index contributed by atoms with van der Waals surface area (Å²) in [5.74, 6) is 0.895. The first kappa shape index (κ1) is 20.2. The third-order valence-electron chi connectivity index (χ3n) is 3.88. The van der Waals surface area contributed by atoms with Crippen LogP contribution in [0.1, 0.15) is 11.5 Å². The summed E-state index contributed by atoms with van der Waals surface area (Å²) in [4.78, 5) is 6.41. The maximum absolute atomic E-state index is 12.4. The Labute approximate surface area is 169 Å². The van der Waals surface area contributed by atoms with Gasteiger partial charge in [0.2, 0.25) is 11.7 Å². The van der Waals surface area contributed by atoms with E-state index in [1.54, 1.807) is 6.07 Å². The number of benzene rings is 2. The van der Waals surface area contributed by atoms with E-state index in [-0.39, 0.29) is 11.5 Å². The summed E-state index contributed by atoms with van der Waals surface area (Å²) >= 11 is 3.42. The zero-order valence-electron chi connectivity index (χ0n) is 15.2. The molecule has 9 heteroatoms. The highest BCUT2D eigenvalue weighted by molar-refractivity contribution is 9.10. The first-order chi connectivity index (χ1) is 13.4. The third kappa shape index (κ3) is 5.26. The van der Waals surface area contributed by atoms with E-state index in [2.05, 4.69) is 30.8 Å². The number of halogens is 3. The van der Waals surface area contributed by atoms with Gasteiger partial charge in [0, 0.05) is 16.6 Å². The lowest BCUT2D eigenvalue weighted by molar-refractivity contribution is -0.0512. The van der Waals surface area contributed by atoms with Crippen LogP contribution in [0.3, 0.4) is 0 Å². The number of rotatable bonds is 8. The Bertz CT molecular complexity index is 919. The van der Waals surface area contributed by atoms with E-state index in [1.807, 2.05) is 36.2 Å². The number of methoxy groups -OCH3 is 1. The Morgan fingerprint density at radius 3 is 2.54 bits per heavy atom. The van der Waals surface area contributed by atoms with E-state index in [1.165, 1.54) is 19.2 Å². The summed E-state index contributed by atoms with van der Waals surface area (Å²) in [6.07, 6.45) is 0. The maximum atomic E-state index is 12.4. The van der Waals surface area contributed by atoms with E-state index in [0.29, 0.717) is 23.8 Å². The lowest BCUT2D eigenvalue weighted by atomic mass is 10.2. The standard InChI is InChI=1S/C19H18BrF2N3O3/c1-25(10-12-3-6-14(20)7-4-12)11-17-23-18(24-28-17)13-5-8-15(27-19(21)22)16(9-13)26-2/h3-9,19H,10-11H2,1-2H3. The molecule has 0 unspecified atom stereocenters. The molecule has 0 saturated heterocycles.